The molecule has 0 saturated carbocycles. The second-order valence-electron chi connectivity index (χ2n) is 4.91. The van der Waals surface area contributed by atoms with Gasteiger partial charge < -0.3 is 30.4 Å². The fraction of sp³-hybridized carbons (Fsp3) is 0.385. The number of nitrogens with zero attached hydrogens (tertiary/aromatic N) is 2. The smallest absolute Gasteiger partial charge is 0.193 e. The van der Waals surface area contributed by atoms with Gasteiger partial charge in [0.1, 0.15) is 24.0 Å². The topological polar surface area (TPSA) is 131 Å². The van der Waals surface area contributed by atoms with E-state index >= 15 is 0 Å². The van der Waals surface area contributed by atoms with Crippen molar-refractivity contribution in [2.45, 2.75) is 24.5 Å². The highest BCUT2D eigenvalue weighted by molar-refractivity contribution is 5.87. The van der Waals surface area contributed by atoms with E-state index in [2.05, 4.69) is 4.98 Å². The molecule has 2 aromatic heterocycles. The third-order valence-corrected chi connectivity index (χ3v) is 3.63. The molecule has 1 aliphatic rings. The molecule has 8 nitrogen and oxygen atoms in total. The monoisotopic (exact) mass is 293 g/mol. The van der Waals surface area contributed by atoms with Crippen molar-refractivity contribution in [2.24, 2.45) is 0 Å². The Morgan fingerprint density at radius 3 is 2.76 bits per heavy atom. The van der Waals surface area contributed by atoms with E-state index in [0.29, 0.717) is 0 Å². The van der Waals surface area contributed by atoms with Gasteiger partial charge in [-0.3, -0.25) is 4.79 Å². The lowest BCUT2D eigenvalue weighted by molar-refractivity contribution is -0.0511. The Morgan fingerprint density at radius 1 is 1.33 bits per heavy atom. The van der Waals surface area contributed by atoms with Crippen LogP contribution >= 0.6 is 0 Å². The van der Waals surface area contributed by atoms with Gasteiger partial charge in [-0.1, -0.05) is 0 Å². The number of nitrogens with two attached hydrogens (primary N) is 1. The van der Waals surface area contributed by atoms with Gasteiger partial charge in [0.2, 0.25) is 0 Å². The van der Waals surface area contributed by atoms with Crippen molar-refractivity contribution >= 4 is 16.7 Å². The number of ether oxygens (including phenoxy) is 1. The lowest BCUT2D eigenvalue weighted by Crippen LogP contribution is -2.33. The molecular weight excluding hydrogens is 278 g/mol. The molecule has 0 aromatic carbocycles. The van der Waals surface area contributed by atoms with E-state index in [1.165, 1.54) is 29.1 Å². The van der Waals surface area contributed by atoms with E-state index in [1.54, 1.807) is 0 Å². The number of aromatic nitrogens is 2. The zero-order chi connectivity index (χ0) is 15.1. The quantitative estimate of drug-likeness (QED) is 0.535. The molecule has 4 atom stereocenters. The maximum absolute atomic E-state index is 11.9. The van der Waals surface area contributed by atoms with Crippen LogP contribution in [-0.2, 0) is 4.74 Å². The average molecular weight is 293 g/mol. The standard InChI is InChI=1S/C13H15N3O5/c14-6-1-3-15-12-9(6)7(18)2-4-16(12)13-11(20)10(19)8(5-17)21-13/h1-4,8,10-11,13,17,19-20H,5H2,(H2,14,15). The fourth-order valence-corrected chi connectivity index (χ4v) is 2.53. The number of fused-ring (bicyclic) bond motifs is 1. The van der Waals surface area contributed by atoms with Gasteiger partial charge in [-0.05, 0) is 6.07 Å². The van der Waals surface area contributed by atoms with Gasteiger partial charge in [0.25, 0.3) is 0 Å². The van der Waals surface area contributed by atoms with Crippen molar-refractivity contribution < 1.29 is 20.1 Å². The van der Waals surface area contributed by atoms with Crippen LogP contribution in [0.25, 0.3) is 11.0 Å². The predicted molar refractivity (Wildman–Crippen MR) is 73.4 cm³/mol. The summed E-state index contributed by atoms with van der Waals surface area (Å²) in [5.41, 5.74) is 6.02. The van der Waals surface area contributed by atoms with Gasteiger partial charge in [0.05, 0.1) is 12.0 Å². The minimum absolute atomic E-state index is 0.220. The maximum atomic E-state index is 11.9. The van der Waals surface area contributed by atoms with Crippen molar-refractivity contribution in [1.82, 2.24) is 9.55 Å². The van der Waals surface area contributed by atoms with E-state index in [9.17, 15) is 15.0 Å². The first-order chi connectivity index (χ1) is 10.0. The summed E-state index contributed by atoms with van der Waals surface area (Å²) in [5, 5.41) is 29.2. The maximum Gasteiger partial charge on any atom is 0.193 e. The van der Waals surface area contributed by atoms with E-state index in [0.717, 1.165) is 0 Å². The van der Waals surface area contributed by atoms with Crippen LogP contribution in [0.2, 0.25) is 0 Å². The fourth-order valence-electron chi connectivity index (χ4n) is 2.53. The van der Waals surface area contributed by atoms with Crippen molar-refractivity contribution in [1.29, 1.82) is 0 Å². The van der Waals surface area contributed by atoms with E-state index in [4.69, 9.17) is 15.6 Å². The normalized spacial score (nSPS) is 29.1. The first-order valence-corrected chi connectivity index (χ1v) is 6.42. The van der Waals surface area contributed by atoms with Gasteiger partial charge in [-0.25, -0.2) is 4.98 Å². The number of aliphatic hydroxyl groups excluding tert-OH is 3. The number of anilines is 1. The summed E-state index contributed by atoms with van der Waals surface area (Å²) in [5.74, 6) is 0. The molecule has 2 aromatic rings. The molecule has 0 amide bonds. The molecule has 21 heavy (non-hydrogen) atoms. The molecule has 0 aliphatic carbocycles. The largest absolute Gasteiger partial charge is 0.398 e. The summed E-state index contributed by atoms with van der Waals surface area (Å²) >= 11 is 0. The molecule has 5 N–H and O–H groups in total. The van der Waals surface area contributed by atoms with Crippen LogP contribution in [-0.4, -0.2) is 49.8 Å². The third-order valence-electron chi connectivity index (χ3n) is 3.63. The minimum Gasteiger partial charge on any atom is -0.398 e. The van der Waals surface area contributed by atoms with Gasteiger partial charge in [-0.2, -0.15) is 0 Å². The van der Waals surface area contributed by atoms with E-state index in [1.807, 2.05) is 0 Å². The van der Waals surface area contributed by atoms with Crippen LogP contribution < -0.4 is 11.2 Å². The highest BCUT2D eigenvalue weighted by Gasteiger charge is 2.43. The van der Waals surface area contributed by atoms with Crippen LogP contribution in [0, 0.1) is 0 Å². The molecule has 4 unspecified atom stereocenters. The summed E-state index contributed by atoms with van der Waals surface area (Å²) in [6, 6.07) is 2.79. The van der Waals surface area contributed by atoms with Crippen LogP contribution in [0.4, 0.5) is 5.69 Å². The van der Waals surface area contributed by atoms with E-state index < -0.39 is 31.1 Å². The second-order valence-corrected chi connectivity index (χ2v) is 4.91. The number of hydrogen-bond acceptors (Lipinski definition) is 7. The van der Waals surface area contributed by atoms with Crippen LogP contribution in [0.15, 0.2) is 29.3 Å². The third kappa shape index (κ3) is 2.09. The SMILES string of the molecule is Nc1ccnc2c1c(=O)ccn2C1OC(CO)C(O)C1O. The zero-order valence-electron chi connectivity index (χ0n) is 11.0. The Morgan fingerprint density at radius 2 is 2.10 bits per heavy atom. The molecular formula is C13H15N3O5. The number of pyridine rings is 2. The highest BCUT2D eigenvalue weighted by Crippen LogP contribution is 2.31. The molecule has 0 radical (unpaired) electrons. The first-order valence-electron chi connectivity index (χ1n) is 6.42. The minimum atomic E-state index is -1.25. The number of rotatable bonds is 2. The Bertz CT molecular complexity index is 731. The number of nitrogen functional groups attached to an aromatic ring is 1. The molecule has 8 heteroatoms. The van der Waals surface area contributed by atoms with Crippen LogP contribution in [0.3, 0.4) is 0 Å². The van der Waals surface area contributed by atoms with Crippen LogP contribution in [0.1, 0.15) is 6.23 Å². The molecule has 1 saturated heterocycles. The number of hydrogen-bond donors (Lipinski definition) is 4. The summed E-state index contributed by atoms with van der Waals surface area (Å²) in [7, 11) is 0. The molecule has 3 heterocycles. The summed E-state index contributed by atoms with van der Waals surface area (Å²) in [6.07, 6.45) is -1.49. The molecule has 112 valence electrons. The second kappa shape index (κ2) is 5.08. The lowest BCUT2D eigenvalue weighted by atomic mass is 10.1. The molecule has 1 fully saturated rings. The van der Waals surface area contributed by atoms with Crippen molar-refractivity contribution in [3.63, 3.8) is 0 Å². The Labute approximate surface area is 119 Å². The van der Waals surface area contributed by atoms with Gasteiger partial charge in [0.15, 0.2) is 11.7 Å². The molecule has 1 aliphatic heterocycles. The van der Waals surface area contributed by atoms with Gasteiger partial charge in [-0.15, -0.1) is 0 Å². The first kappa shape index (κ1) is 14.0. The average Bonchev–Trinajstić information content (AvgIpc) is 2.76. The van der Waals surface area contributed by atoms with Gasteiger partial charge >= 0.3 is 0 Å². The summed E-state index contributed by atoms with van der Waals surface area (Å²) in [4.78, 5) is 16.0. The summed E-state index contributed by atoms with van der Waals surface area (Å²) < 4.78 is 6.87. The highest BCUT2D eigenvalue weighted by atomic mass is 16.6. The Kier molecular flexibility index (Phi) is 3.38. The van der Waals surface area contributed by atoms with Gasteiger partial charge in [0, 0.05) is 24.1 Å². The van der Waals surface area contributed by atoms with Crippen molar-refractivity contribution in [3.8, 4) is 0 Å². The van der Waals surface area contributed by atoms with E-state index in [-0.39, 0.29) is 22.1 Å². The Hall–Kier alpha value is -2.00. The molecule has 0 spiro atoms. The zero-order valence-corrected chi connectivity index (χ0v) is 11.0. The molecule has 3 rings (SSSR count). The molecule has 0 bridgehead atoms. The van der Waals surface area contributed by atoms with Crippen molar-refractivity contribution in [3.05, 3.63) is 34.7 Å². The lowest BCUT2D eigenvalue weighted by Gasteiger charge is -2.20. The van der Waals surface area contributed by atoms with Crippen LogP contribution in [0.5, 0.6) is 0 Å². The van der Waals surface area contributed by atoms with Crippen molar-refractivity contribution in [2.75, 3.05) is 12.3 Å². The Balaban J connectivity index is 2.16. The predicted octanol–water partition coefficient (Wildman–Crippen LogP) is -1.41. The summed E-state index contributed by atoms with van der Waals surface area (Å²) in [6.45, 7) is -0.428. The number of aliphatic hydroxyl groups is 3.